The minimum absolute atomic E-state index is 0.565. The molecule has 0 amide bonds. The highest BCUT2D eigenvalue weighted by Crippen LogP contribution is 2.39. The van der Waals surface area contributed by atoms with Crippen molar-refractivity contribution in [3.63, 3.8) is 0 Å². The van der Waals surface area contributed by atoms with Crippen molar-refractivity contribution in [3.05, 3.63) is 47.5 Å². The van der Waals surface area contributed by atoms with Gasteiger partial charge >= 0.3 is 6.18 Å². The Hall–Kier alpha value is -1.51. The zero-order chi connectivity index (χ0) is 16.4. The first-order chi connectivity index (χ1) is 11.0. The quantitative estimate of drug-likeness (QED) is 0.575. The lowest BCUT2D eigenvalue weighted by Gasteiger charge is -2.28. The normalized spacial score (nSPS) is 22.4. The van der Waals surface area contributed by atoms with Gasteiger partial charge in [0.05, 0.1) is 5.56 Å². The van der Waals surface area contributed by atoms with Crippen LogP contribution in [0, 0.1) is 5.92 Å². The Balaban J connectivity index is 1.79. The fraction of sp³-hybridized carbons (Fsp3) is 0.500. The summed E-state index contributed by atoms with van der Waals surface area (Å²) < 4.78 is 38.4. The van der Waals surface area contributed by atoms with Gasteiger partial charge in [-0.1, -0.05) is 44.0 Å². The molecule has 0 unspecified atom stereocenters. The van der Waals surface area contributed by atoms with Crippen LogP contribution in [0.1, 0.15) is 62.5 Å². The molecule has 0 spiro atoms. The van der Waals surface area contributed by atoms with E-state index in [-0.39, 0.29) is 0 Å². The monoisotopic (exact) mass is 320 g/mol. The predicted molar refractivity (Wildman–Crippen MR) is 88.6 cm³/mol. The Kier molecular flexibility index (Phi) is 4.65. The molecule has 0 radical (unpaired) electrons. The van der Waals surface area contributed by atoms with Gasteiger partial charge in [0.15, 0.2) is 0 Å². The van der Waals surface area contributed by atoms with Gasteiger partial charge in [-0.25, -0.2) is 0 Å². The third-order valence-electron chi connectivity index (χ3n) is 5.21. The fourth-order valence-corrected chi connectivity index (χ4v) is 3.89. The van der Waals surface area contributed by atoms with Crippen LogP contribution >= 0.6 is 0 Å². The summed E-state index contributed by atoms with van der Waals surface area (Å²) in [5.74, 6) is 1.43. The van der Waals surface area contributed by atoms with E-state index in [4.69, 9.17) is 0 Å². The van der Waals surface area contributed by atoms with Crippen LogP contribution in [-0.2, 0) is 6.18 Å². The maximum absolute atomic E-state index is 12.8. The molecule has 1 fully saturated rings. The summed E-state index contributed by atoms with van der Waals surface area (Å²) in [7, 11) is 0. The smallest absolute Gasteiger partial charge is 0.166 e. The predicted octanol–water partition coefficient (Wildman–Crippen LogP) is 6.93. The lowest BCUT2D eigenvalue weighted by atomic mass is 9.77. The number of hydrogen-bond donors (Lipinski definition) is 0. The molecule has 1 aliphatic rings. The van der Waals surface area contributed by atoms with Crippen LogP contribution in [0.25, 0.3) is 10.8 Å². The maximum atomic E-state index is 12.8. The first-order valence-corrected chi connectivity index (χ1v) is 8.58. The molecule has 124 valence electrons. The molecule has 0 bridgehead atoms. The van der Waals surface area contributed by atoms with Crippen molar-refractivity contribution in [1.82, 2.24) is 0 Å². The molecule has 0 N–H and O–H groups in total. The molecule has 0 nitrogen and oxygen atoms in total. The Labute approximate surface area is 135 Å². The van der Waals surface area contributed by atoms with Crippen molar-refractivity contribution >= 4 is 10.8 Å². The van der Waals surface area contributed by atoms with Crippen molar-refractivity contribution < 1.29 is 13.2 Å². The number of rotatable bonds is 3. The second kappa shape index (κ2) is 6.54. The minimum atomic E-state index is -4.27. The first kappa shape index (κ1) is 16.4. The molecule has 1 aliphatic carbocycles. The van der Waals surface area contributed by atoms with Crippen LogP contribution in [0.2, 0.25) is 0 Å². The van der Waals surface area contributed by atoms with Gasteiger partial charge in [0.25, 0.3) is 0 Å². The highest BCUT2D eigenvalue weighted by Gasteiger charge is 2.30. The van der Waals surface area contributed by atoms with E-state index in [1.165, 1.54) is 56.2 Å². The van der Waals surface area contributed by atoms with Gasteiger partial charge < -0.3 is 0 Å². The molecular weight excluding hydrogens is 297 g/mol. The summed E-state index contributed by atoms with van der Waals surface area (Å²) >= 11 is 0. The molecule has 3 heteroatoms. The minimum Gasteiger partial charge on any atom is -0.166 e. The number of benzene rings is 2. The lowest BCUT2D eigenvalue weighted by Crippen LogP contribution is -2.13. The van der Waals surface area contributed by atoms with Gasteiger partial charge in [0.2, 0.25) is 0 Å². The van der Waals surface area contributed by atoms with Crippen LogP contribution < -0.4 is 0 Å². The highest BCUT2D eigenvalue weighted by molar-refractivity contribution is 5.84. The average molecular weight is 320 g/mol. The molecule has 3 rings (SSSR count). The standard InChI is InChI=1S/C20H23F3/c1-2-3-14-4-6-15(7-5-14)16-8-9-18-13-19(20(21,22)23)11-10-17(18)12-16/h8-15H,2-7H2,1H3. The summed E-state index contributed by atoms with van der Waals surface area (Å²) in [4.78, 5) is 0. The summed E-state index contributed by atoms with van der Waals surface area (Å²) in [6, 6.07) is 9.98. The van der Waals surface area contributed by atoms with Gasteiger partial charge in [-0.15, -0.1) is 0 Å². The second-order valence-electron chi connectivity index (χ2n) is 6.83. The SMILES string of the molecule is CCCC1CCC(c2ccc3cc(C(F)(F)F)ccc3c2)CC1. The third kappa shape index (κ3) is 3.70. The van der Waals surface area contributed by atoms with Crippen molar-refractivity contribution in [1.29, 1.82) is 0 Å². The molecule has 0 aliphatic heterocycles. The number of halogens is 3. The van der Waals surface area contributed by atoms with Crippen LogP contribution in [-0.4, -0.2) is 0 Å². The summed E-state index contributed by atoms with van der Waals surface area (Å²) in [5, 5.41) is 1.58. The van der Waals surface area contributed by atoms with Crippen LogP contribution in [0.4, 0.5) is 13.2 Å². The van der Waals surface area contributed by atoms with Gasteiger partial charge in [0.1, 0.15) is 0 Å². The Bertz CT molecular complexity index is 664. The zero-order valence-corrected chi connectivity index (χ0v) is 13.5. The summed E-state index contributed by atoms with van der Waals surface area (Å²) in [5.41, 5.74) is 0.713. The van der Waals surface area contributed by atoms with Crippen molar-refractivity contribution in [3.8, 4) is 0 Å². The molecule has 2 aromatic carbocycles. The van der Waals surface area contributed by atoms with Crippen molar-refractivity contribution in [2.45, 2.75) is 57.5 Å². The van der Waals surface area contributed by atoms with E-state index in [1.807, 2.05) is 12.1 Å². The van der Waals surface area contributed by atoms with E-state index in [0.717, 1.165) is 11.3 Å². The molecule has 1 saturated carbocycles. The van der Waals surface area contributed by atoms with Crippen LogP contribution in [0.5, 0.6) is 0 Å². The van der Waals surface area contributed by atoms with E-state index >= 15 is 0 Å². The zero-order valence-electron chi connectivity index (χ0n) is 13.5. The van der Waals surface area contributed by atoms with E-state index < -0.39 is 11.7 Å². The van der Waals surface area contributed by atoms with Gasteiger partial charge in [-0.05, 0) is 66.0 Å². The van der Waals surface area contributed by atoms with Crippen molar-refractivity contribution in [2.24, 2.45) is 5.92 Å². The molecule has 2 aromatic rings. The molecule has 0 saturated heterocycles. The Morgan fingerprint density at radius 3 is 2.22 bits per heavy atom. The average Bonchev–Trinajstić information content (AvgIpc) is 2.54. The number of alkyl halides is 3. The van der Waals surface area contributed by atoms with Gasteiger partial charge in [-0.3, -0.25) is 0 Å². The van der Waals surface area contributed by atoms with E-state index in [1.54, 1.807) is 6.07 Å². The topological polar surface area (TPSA) is 0 Å². The van der Waals surface area contributed by atoms with E-state index in [2.05, 4.69) is 13.0 Å². The lowest BCUT2D eigenvalue weighted by molar-refractivity contribution is -0.137. The van der Waals surface area contributed by atoms with Gasteiger partial charge in [-0.2, -0.15) is 13.2 Å². The van der Waals surface area contributed by atoms with Gasteiger partial charge in [0, 0.05) is 0 Å². The molecule has 0 aromatic heterocycles. The molecular formula is C20H23F3. The largest absolute Gasteiger partial charge is 0.416 e. The molecule has 23 heavy (non-hydrogen) atoms. The molecule has 0 heterocycles. The fourth-order valence-electron chi connectivity index (χ4n) is 3.89. The first-order valence-electron chi connectivity index (χ1n) is 8.58. The van der Waals surface area contributed by atoms with Crippen LogP contribution in [0.15, 0.2) is 36.4 Å². The summed E-state index contributed by atoms with van der Waals surface area (Å²) in [6.07, 6.45) is 3.28. The maximum Gasteiger partial charge on any atom is 0.416 e. The second-order valence-corrected chi connectivity index (χ2v) is 6.83. The van der Waals surface area contributed by atoms with Crippen molar-refractivity contribution in [2.75, 3.05) is 0 Å². The van der Waals surface area contributed by atoms with E-state index in [0.29, 0.717) is 11.3 Å². The molecule has 0 atom stereocenters. The summed E-state index contributed by atoms with van der Waals surface area (Å²) in [6.45, 7) is 2.24. The Morgan fingerprint density at radius 2 is 1.57 bits per heavy atom. The number of hydrogen-bond acceptors (Lipinski definition) is 0. The van der Waals surface area contributed by atoms with E-state index in [9.17, 15) is 13.2 Å². The third-order valence-corrected chi connectivity index (χ3v) is 5.21. The Morgan fingerprint density at radius 1 is 0.913 bits per heavy atom. The van der Waals surface area contributed by atoms with Crippen LogP contribution in [0.3, 0.4) is 0 Å². The number of fused-ring (bicyclic) bond motifs is 1. The highest BCUT2D eigenvalue weighted by atomic mass is 19.4.